The summed E-state index contributed by atoms with van der Waals surface area (Å²) >= 11 is 0. The molecule has 3 rings (SSSR count). The van der Waals surface area contributed by atoms with E-state index in [1.165, 1.54) is 6.20 Å². The number of hydrogen-bond donors (Lipinski definition) is 4. The second kappa shape index (κ2) is 7.53. The molecule has 2 aliphatic rings. The van der Waals surface area contributed by atoms with Gasteiger partial charge in [-0.2, -0.15) is 4.98 Å². The number of amides is 1. The van der Waals surface area contributed by atoms with E-state index < -0.39 is 5.91 Å². The van der Waals surface area contributed by atoms with E-state index in [9.17, 15) is 9.90 Å². The molecule has 1 amide bonds. The minimum atomic E-state index is -0.550. The van der Waals surface area contributed by atoms with Gasteiger partial charge in [0.15, 0.2) is 0 Å². The number of primary amides is 1. The molecule has 5 N–H and O–H groups in total. The molecule has 138 valence electrons. The van der Waals surface area contributed by atoms with Crippen LogP contribution in [0.5, 0.6) is 0 Å². The summed E-state index contributed by atoms with van der Waals surface area (Å²) < 4.78 is 5.42. The van der Waals surface area contributed by atoms with Crippen LogP contribution in [0.15, 0.2) is 6.20 Å². The highest BCUT2D eigenvalue weighted by atomic mass is 16.5. The maximum Gasteiger partial charge on any atom is 0.254 e. The van der Waals surface area contributed by atoms with Gasteiger partial charge in [0, 0.05) is 31.0 Å². The summed E-state index contributed by atoms with van der Waals surface area (Å²) in [4.78, 5) is 20.5. The highest BCUT2D eigenvalue weighted by molar-refractivity contribution is 5.97. The van der Waals surface area contributed by atoms with Crippen LogP contribution in [0.4, 0.5) is 11.8 Å². The van der Waals surface area contributed by atoms with Crippen LogP contribution in [0.2, 0.25) is 0 Å². The quantitative estimate of drug-likeness (QED) is 0.631. The number of ether oxygens (including phenoxy) is 1. The largest absolute Gasteiger partial charge is 0.393 e. The van der Waals surface area contributed by atoms with E-state index in [0.29, 0.717) is 25.0 Å². The third kappa shape index (κ3) is 4.58. The molecule has 2 fully saturated rings. The SMILES string of the molecule is CC1(Nc2nc(N[C@H]3CC[C@H](O)CC3)ncc2C(N)=O)CCOCC1. The first-order chi connectivity index (χ1) is 12.0. The van der Waals surface area contributed by atoms with E-state index in [2.05, 4.69) is 27.5 Å². The highest BCUT2D eigenvalue weighted by Gasteiger charge is 2.29. The number of aliphatic hydroxyl groups excluding tert-OH is 1. The first kappa shape index (κ1) is 17.9. The molecule has 1 aromatic rings. The molecule has 1 aliphatic heterocycles. The molecule has 0 spiro atoms. The fraction of sp³-hybridized carbons (Fsp3) is 0.706. The lowest BCUT2D eigenvalue weighted by Crippen LogP contribution is -2.41. The molecule has 1 aliphatic carbocycles. The summed E-state index contributed by atoms with van der Waals surface area (Å²) in [5.74, 6) is 0.389. The van der Waals surface area contributed by atoms with Crippen molar-refractivity contribution in [3.05, 3.63) is 11.8 Å². The van der Waals surface area contributed by atoms with E-state index >= 15 is 0 Å². The summed E-state index contributed by atoms with van der Waals surface area (Å²) in [6.45, 7) is 3.45. The van der Waals surface area contributed by atoms with E-state index in [1.54, 1.807) is 0 Å². The second-order valence-electron chi connectivity index (χ2n) is 7.27. The Hall–Kier alpha value is -1.93. The molecule has 0 radical (unpaired) electrons. The van der Waals surface area contributed by atoms with Crippen LogP contribution >= 0.6 is 0 Å². The minimum Gasteiger partial charge on any atom is -0.393 e. The predicted octanol–water partition coefficient (Wildman–Crippen LogP) is 1.27. The average Bonchev–Trinajstić information content (AvgIpc) is 2.57. The van der Waals surface area contributed by atoms with Crippen LogP contribution in [-0.4, -0.2) is 51.9 Å². The van der Waals surface area contributed by atoms with Gasteiger partial charge in [0.1, 0.15) is 5.82 Å². The zero-order valence-corrected chi connectivity index (χ0v) is 14.6. The zero-order chi connectivity index (χ0) is 17.9. The number of hydrogen-bond acceptors (Lipinski definition) is 7. The fourth-order valence-corrected chi connectivity index (χ4v) is 3.36. The van der Waals surface area contributed by atoms with Crippen molar-refractivity contribution in [1.29, 1.82) is 0 Å². The van der Waals surface area contributed by atoms with E-state index in [-0.39, 0.29) is 23.2 Å². The summed E-state index contributed by atoms with van der Waals surface area (Å²) in [5, 5.41) is 16.3. The molecule has 1 aromatic heterocycles. The number of carbonyl (C=O) groups is 1. The van der Waals surface area contributed by atoms with Gasteiger partial charge in [0.2, 0.25) is 5.95 Å². The van der Waals surface area contributed by atoms with Crippen molar-refractivity contribution in [3.63, 3.8) is 0 Å². The van der Waals surface area contributed by atoms with Crippen molar-refractivity contribution in [2.24, 2.45) is 5.73 Å². The van der Waals surface area contributed by atoms with Crippen LogP contribution in [0.1, 0.15) is 55.8 Å². The molecule has 0 unspecified atom stereocenters. The number of carbonyl (C=O) groups excluding carboxylic acids is 1. The molecule has 8 nitrogen and oxygen atoms in total. The van der Waals surface area contributed by atoms with Gasteiger partial charge in [-0.25, -0.2) is 4.98 Å². The lowest BCUT2D eigenvalue weighted by Gasteiger charge is -2.35. The van der Waals surface area contributed by atoms with Crippen LogP contribution in [0, 0.1) is 0 Å². The molecule has 1 saturated carbocycles. The van der Waals surface area contributed by atoms with Crippen molar-refractivity contribution >= 4 is 17.7 Å². The molecule has 8 heteroatoms. The lowest BCUT2D eigenvalue weighted by atomic mass is 9.92. The Kier molecular flexibility index (Phi) is 5.39. The maximum atomic E-state index is 11.7. The van der Waals surface area contributed by atoms with Crippen molar-refractivity contribution in [1.82, 2.24) is 9.97 Å². The van der Waals surface area contributed by atoms with Gasteiger partial charge >= 0.3 is 0 Å². The first-order valence-electron chi connectivity index (χ1n) is 8.92. The van der Waals surface area contributed by atoms with Crippen LogP contribution < -0.4 is 16.4 Å². The summed E-state index contributed by atoms with van der Waals surface area (Å²) in [6, 6.07) is 0.231. The lowest BCUT2D eigenvalue weighted by molar-refractivity contribution is 0.0657. The Morgan fingerprint density at radius 3 is 2.64 bits per heavy atom. The third-order valence-electron chi connectivity index (χ3n) is 5.10. The van der Waals surface area contributed by atoms with E-state index in [1.807, 2.05) is 0 Å². The van der Waals surface area contributed by atoms with Crippen LogP contribution in [0.3, 0.4) is 0 Å². The number of aromatic nitrogens is 2. The molecule has 0 bridgehead atoms. The molecular formula is C17H27N5O3. The Labute approximate surface area is 147 Å². The standard InChI is InChI=1S/C17H27N5O3/c1-17(6-8-25-9-7-17)22-15-13(14(18)24)10-19-16(21-15)20-11-2-4-12(23)5-3-11/h10-12,23H,2-9H2,1H3,(H2,18,24)(H2,19,20,21,22)/t11-,12-. The summed E-state index contributed by atoms with van der Waals surface area (Å²) in [6.07, 6.45) is 6.24. The highest BCUT2D eigenvalue weighted by Crippen LogP contribution is 2.27. The van der Waals surface area contributed by atoms with E-state index in [0.717, 1.165) is 38.5 Å². The number of rotatable bonds is 5. The molecule has 0 atom stereocenters. The molecule has 2 heterocycles. The van der Waals surface area contributed by atoms with Crippen molar-refractivity contribution in [2.75, 3.05) is 23.8 Å². The van der Waals surface area contributed by atoms with Gasteiger partial charge in [0.25, 0.3) is 5.91 Å². The van der Waals surface area contributed by atoms with Crippen LogP contribution in [-0.2, 0) is 4.74 Å². The molecule has 1 saturated heterocycles. The number of anilines is 2. The van der Waals surface area contributed by atoms with Crippen molar-refractivity contribution in [3.8, 4) is 0 Å². The average molecular weight is 349 g/mol. The Bertz CT molecular complexity index is 610. The number of nitrogens with zero attached hydrogens (tertiary/aromatic N) is 2. The monoisotopic (exact) mass is 349 g/mol. The van der Waals surface area contributed by atoms with Crippen molar-refractivity contribution in [2.45, 2.75) is 63.1 Å². The van der Waals surface area contributed by atoms with Gasteiger partial charge in [-0.3, -0.25) is 4.79 Å². The Morgan fingerprint density at radius 1 is 1.32 bits per heavy atom. The zero-order valence-electron chi connectivity index (χ0n) is 14.6. The van der Waals surface area contributed by atoms with Crippen LogP contribution in [0.25, 0.3) is 0 Å². The third-order valence-corrected chi connectivity index (χ3v) is 5.10. The predicted molar refractivity (Wildman–Crippen MR) is 94.5 cm³/mol. The maximum absolute atomic E-state index is 11.7. The Morgan fingerprint density at radius 2 is 2.00 bits per heavy atom. The topological polar surface area (TPSA) is 122 Å². The Balaban J connectivity index is 1.76. The van der Waals surface area contributed by atoms with Gasteiger partial charge < -0.3 is 26.2 Å². The minimum absolute atomic E-state index is 0.191. The smallest absolute Gasteiger partial charge is 0.254 e. The normalized spacial score (nSPS) is 26.0. The van der Waals surface area contributed by atoms with E-state index in [4.69, 9.17) is 10.5 Å². The first-order valence-corrected chi connectivity index (χ1v) is 8.92. The molecule has 25 heavy (non-hydrogen) atoms. The van der Waals surface area contributed by atoms with Gasteiger partial charge in [-0.05, 0) is 45.4 Å². The van der Waals surface area contributed by atoms with Gasteiger partial charge in [-0.1, -0.05) is 0 Å². The number of aliphatic hydroxyl groups is 1. The second-order valence-corrected chi connectivity index (χ2v) is 7.27. The summed E-state index contributed by atoms with van der Waals surface area (Å²) in [5.41, 5.74) is 5.58. The fourth-order valence-electron chi connectivity index (χ4n) is 3.36. The molecule has 0 aromatic carbocycles. The summed E-state index contributed by atoms with van der Waals surface area (Å²) in [7, 11) is 0. The van der Waals surface area contributed by atoms with Crippen molar-refractivity contribution < 1.29 is 14.6 Å². The number of nitrogens with two attached hydrogens (primary N) is 1. The number of nitrogens with one attached hydrogen (secondary N) is 2. The molecular weight excluding hydrogens is 322 g/mol. The van der Waals surface area contributed by atoms with Gasteiger partial charge in [0.05, 0.1) is 11.7 Å². The van der Waals surface area contributed by atoms with Gasteiger partial charge in [-0.15, -0.1) is 0 Å².